The van der Waals surface area contributed by atoms with Crippen LogP contribution < -0.4 is 9.67 Å². The summed E-state index contributed by atoms with van der Waals surface area (Å²) in [6.45, 7) is 1.26. The van der Waals surface area contributed by atoms with Crippen molar-refractivity contribution in [1.29, 1.82) is 0 Å². The first-order valence-corrected chi connectivity index (χ1v) is 10.8. The fourth-order valence-electron chi connectivity index (χ4n) is 2.11. The summed E-state index contributed by atoms with van der Waals surface area (Å²) >= 11 is -4.82. The Labute approximate surface area is 153 Å². The van der Waals surface area contributed by atoms with Crippen molar-refractivity contribution in [2.75, 3.05) is 12.4 Å². The summed E-state index contributed by atoms with van der Waals surface area (Å²) in [5, 5.41) is 12.0. The van der Waals surface area contributed by atoms with Gasteiger partial charge in [-0.2, -0.15) is 0 Å². The quantitative estimate of drug-likeness (QED) is 0.547. The van der Waals surface area contributed by atoms with E-state index < -0.39 is 26.0 Å². The molecule has 2 aromatic rings. The SMILES string of the molecule is CO[As](=O)(OC(=O)/C=C\c1ccccc1)c1ccc(O)cc1NC(C)=O. The molecule has 0 fully saturated rings. The fourth-order valence-corrected chi connectivity index (χ4v) is 4.93. The first kappa shape index (κ1) is 19.6. The molecular weight excluding hydrogens is 401 g/mol. The zero-order valence-electron chi connectivity index (χ0n) is 14.2. The summed E-state index contributed by atoms with van der Waals surface area (Å²) in [5.41, 5.74) is 0.828. The third-order valence-electron chi connectivity index (χ3n) is 3.25. The minimum atomic E-state index is -4.82. The number of hydrogen-bond donors (Lipinski definition) is 2. The standard InChI is InChI=1S/C18H18AsNO6/c1-13(21)20-17-12-15(22)9-10-16(17)19(24,25-2)26-18(23)11-8-14-6-4-3-5-7-14/h3-12,22H,1-2H3,(H,20,21)/b11-8-. The summed E-state index contributed by atoms with van der Waals surface area (Å²) in [7, 11) is 1.15. The molecule has 2 rings (SSSR count). The van der Waals surface area contributed by atoms with Crippen molar-refractivity contribution in [1.82, 2.24) is 0 Å². The van der Waals surface area contributed by atoms with E-state index in [1.165, 1.54) is 31.2 Å². The van der Waals surface area contributed by atoms with Crippen molar-refractivity contribution < 1.29 is 25.9 Å². The van der Waals surface area contributed by atoms with Gasteiger partial charge in [-0.15, -0.1) is 0 Å². The van der Waals surface area contributed by atoms with Crippen molar-refractivity contribution in [2.45, 2.75) is 6.92 Å². The van der Waals surface area contributed by atoms with E-state index in [2.05, 4.69) is 5.32 Å². The van der Waals surface area contributed by atoms with Crippen LogP contribution in [0.1, 0.15) is 12.5 Å². The average Bonchev–Trinajstić information content (AvgIpc) is 2.60. The number of carbonyl (C=O) groups is 2. The van der Waals surface area contributed by atoms with Gasteiger partial charge in [0.1, 0.15) is 0 Å². The maximum absolute atomic E-state index is 13.0. The average molecular weight is 419 g/mol. The van der Waals surface area contributed by atoms with Gasteiger partial charge in [0.15, 0.2) is 0 Å². The Morgan fingerprint density at radius 2 is 1.85 bits per heavy atom. The Morgan fingerprint density at radius 3 is 2.46 bits per heavy atom. The van der Waals surface area contributed by atoms with Crippen LogP contribution in [0.5, 0.6) is 5.75 Å². The second-order valence-electron chi connectivity index (χ2n) is 5.22. The van der Waals surface area contributed by atoms with E-state index in [0.717, 1.165) is 18.7 Å². The second kappa shape index (κ2) is 8.56. The zero-order valence-corrected chi connectivity index (χ0v) is 16.1. The fraction of sp³-hybridized carbons (Fsp3) is 0.111. The second-order valence-corrected chi connectivity index (χ2v) is 9.46. The maximum atomic E-state index is 13.0. The van der Waals surface area contributed by atoms with Gasteiger partial charge in [-0.05, 0) is 0 Å². The van der Waals surface area contributed by atoms with E-state index in [1.807, 2.05) is 18.2 Å². The number of hydrogen-bond acceptors (Lipinski definition) is 6. The molecule has 136 valence electrons. The number of benzene rings is 2. The molecule has 0 aromatic heterocycles. The summed E-state index contributed by atoms with van der Waals surface area (Å²) in [5.74, 6) is -1.43. The van der Waals surface area contributed by atoms with Crippen LogP contribution in [-0.4, -0.2) is 38.3 Å². The van der Waals surface area contributed by atoms with Crippen molar-refractivity contribution >= 4 is 42.2 Å². The minimum absolute atomic E-state index is 0.0140. The third-order valence-corrected chi connectivity index (χ3v) is 7.19. The number of aromatic hydroxyl groups is 1. The molecule has 0 saturated heterocycles. The van der Waals surface area contributed by atoms with Crippen LogP contribution in [0.25, 0.3) is 6.08 Å². The van der Waals surface area contributed by atoms with Gasteiger partial charge in [0.05, 0.1) is 0 Å². The first-order valence-electron chi connectivity index (χ1n) is 7.57. The number of anilines is 1. The van der Waals surface area contributed by atoms with Crippen molar-refractivity contribution in [3.05, 3.63) is 60.2 Å². The number of carbonyl (C=O) groups excluding carboxylic acids is 2. The van der Waals surface area contributed by atoms with E-state index in [4.69, 9.17) is 7.45 Å². The predicted octanol–water partition coefficient (Wildman–Crippen LogP) is 1.83. The van der Waals surface area contributed by atoms with Crippen LogP contribution in [-0.2, 0) is 20.8 Å². The number of nitrogens with one attached hydrogen (secondary N) is 1. The van der Waals surface area contributed by atoms with Gasteiger partial charge < -0.3 is 0 Å². The molecule has 0 heterocycles. The molecule has 2 aromatic carbocycles. The molecule has 2 N–H and O–H groups in total. The molecular formula is C18H18AsNO6. The molecule has 0 aliphatic heterocycles. The Kier molecular flexibility index (Phi) is 6.44. The van der Waals surface area contributed by atoms with Gasteiger partial charge in [0.2, 0.25) is 0 Å². The van der Waals surface area contributed by atoms with Crippen LogP contribution in [0.3, 0.4) is 0 Å². The topological polar surface area (TPSA) is 102 Å². The van der Waals surface area contributed by atoms with Crippen LogP contribution in [0.4, 0.5) is 5.69 Å². The van der Waals surface area contributed by atoms with Gasteiger partial charge in [0, 0.05) is 0 Å². The molecule has 0 radical (unpaired) electrons. The zero-order chi connectivity index (χ0) is 19.2. The van der Waals surface area contributed by atoms with E-state index in [-0.39, 0.29) is 15.8 Å². The van der Waals surface area contributed by atoms with Gasteiger partial charge in [0.25, 0.3) is 0 Å². The van der Waals surface area contributed by atoms with E-state index >= 15 is 0 Å². The summed E-state index contributed by atoms with van der Waals surface area (Å²) in [4.78, 5) is 23.4. The van der Waals surface area contributed by atoms with Crippen LogP contribution in [0.15, 0.2) is 54.6 Å². The van der Waals surface area contributed by atoms with E-state index in [0.29, 0.717) is 0 Å². The molecule has 0 aliphatic carbocycles. The number of amides is 1. The summed E-state index contributed by atoms with van der Waals surface area (Å²) in [6, 6.07) is 12.8. The Balaban J connectivity index is 2.28. The van der Waals surface area contributed by atoms with Crippen LogP contribution in [0, 0.1) is 0 Å². The molecule has 0 spiro atoms. The Morgan fingerprint density at radius 1 is 1.15 bits per heavy atom. The van der Waals surface area contributed by atoms with Crippen molar-refractivity contribution in [3.63, 3.8) is 0 Å². The van der Waals surface area contributed by atoms with E-state index in [1.54, 1.807) is 12.1 Å². The van der Waals surface area contributed by atoms with Gasteiger partial charge in [-0.25, -0.2) is 0 Å². The summed E-state index contributed by atoms with van der Waals surface area (Å²) in [6.07, 6.45) is 2.66. The Bertz CT molecular complexity index is 879. The molecule has 7 nitrogen and oxygen atoms in total. The molecule has 8 heteroatoms. The van der Waals surface area contributed by atoms with E-state index in [9.17, 15) is 18.4 Å². The molecule has 1 atom stereocenters. The van der Waals surface area contributed by atoms with Crippen LogP contribution >= 0.6 is 0 Å². The number of phenolic OH excluding ortho intramolecular Hbond substituents is 1. The number of phenols is 1. The molecule has 0 saturated carbocycles. The van der Waals surface area contributed by atoms with Gasteiger partial charge in [-0.1, -0.05) is 0 Å². The monoisotopic (exact) mass is 419 g/mol. The third kappa shape index (κ3) is 5.12. The van der Waals surface area contributed by atoms with Gasteiger partial charge in [-0.3, -0.25) is 0 Å². The van der Waals surface area contributed by atoms with Gasteiger partial charge >= 0.3 is 153 Å². The van der Waals surface area contributed by atoms with Crippen LogP contribution in [0.2, 0.25) is 0 Å². The number of rotatable bonds is 6. The first-order chi connectivity index (χ1) is 12.3. The van der Waals surface area contributed by atoms with Crippen molar-refractivity contribution in [3.8, 4) is 5.75 Å². The molecule has 0 aliphatic rings. The molecule has 1 unspecified atom stereocenters. The molecule has 0 bridgehead atoms. The predicted molar refractivity (Wildman–Crippen MR) is 97.1 cm³/mol. The molecule has 1 amide bonds. The summed E-state index contributed by atoms with van der Waals surface area (Å²) < 4.78 is 23.2. The van der Waals surface area contributed by atoms with Crippen molar-refractivity contribution in [2.24, 2.45) is 0 Å². The Hall–Kier alpha value is -2.76. The molecule has 26 heavy (non-hydrogen) atoms. The normalized spacial score (nSPS) is 13.2.